The first-order chi connectivity index (χ1) is 6.70. The minimum atomic E-state index is -0.394. The Labute approximate surface area is 82.2 Å². The number of aromatic nitrogens is 2. The van der Waals surface area contributed by atoms with Crippen molar-refractivity contribution in [3.8, 4) is 0 Å². The third kappa shape index (κ3) is 2.00. The number of ether oxygens (including phenoxy) is 1. The molecule has 1 heterocycles. The summed E-state index contributed by atoms with van der Waals surface area (Å²) in [6.45, 7) is 0.422. The Kier molecular flexibility index (Phi) is 3.41. The van der Waals surface area contributed by atoms with Crippen molar-refractivity contribution in [1.29, 1.82) is 0 Å². The van der Waals surface area contributed by atoms with Crippen LogP contribution in [0, 0.1) is 0 Å². The summed E-state index contributed by atoms with van der Waals surface area (Å²) in [6, 6.07) is 0. The van der Waals surface area contributed by atoms with Crippen LogP contribution in [-0.2, 0) is 11.8 Å². The Bertz CT molecular complexity index is 355. The van der Waals surface area contributed by atoms with Crippen LogP contribution in [0.4, 0.5) is 0 Å². The number of rotatable bonds is 3. The van der Waals surface area contributed by atoms with Gasteiger partial charge in [0.25, 0.3) is 0 Å². The number of nitrogens with zero attached hydrogens (tertiary/aromatic N) is 2. The third-order valence-electron chi connectivity index (χ3n) is 1.80. The van der Waals surface area contributed by atoms with E-state index in [2.05, 4.69) is 9.84 Å². The Morgan fingerprint density at radius 1 is 1.79 bits per heavy atom. The van der Waals surface area contributed by atoms with Crippen LogP contribution in [0.2, 0.25) is 0 Å². The van der Waals surface area contributed by atoms with E-state index in [9.17, 15) is 4.79 Å². The number of hydrogen-bond donors (Lipinski definition) is 1. The first kappa shape index (κ1) is 10.5. The second-order valence-corrected chi connectivity index (χ2v) is 2.70. The molecule has 0 aliphatic rings. The quantitative estimate of drug-likeness (QED) is 0.698. The molecule has 0 aliphatic heterocycles. The molecule has 0 radical (unpaired) electrons. The highest BCUT2D eigenvalue weighted by Crippen LogP contribution is 2.10. The normalized spacial score (nSPS) is 10.8. The molecule has 5 heteroatoms. The molecule has 0 bridgehead atoms. The number of nitrogens with two attached hydrogens (primary N) is 1. The maximum Gasteiger partial charge on any atom is 0.341 e. The molecular weight excluding hydrogens is 182 g/mol. The van der Waals surface area contributed by atoms with Crippen LogP contribution < -0.4 is 5.73 Å². The van der Waals surface area contributed by atoms with Crippen molar-refractivity contribution in [2.75, 3.05) is 13.7 Å². The first-order valence-electron chi connectivity index (χ1n) is 4.17. The van der Waals surface area contributed by atoms with Gasteiger partial charge in [0.2, 0.25) is 0 Å². The van der Waals surface area contributed by atoms with Crippen LogP contribution >= 0.6 is 0 Å². The maximum atomic E-state index is 11.3. The van der Waals surface area contributed by atoms with Gasteiger partial charge >= 0.3 is 5.97 Å². The zero-order chi connectivity index (χ0) is 10.6. The topological polar surface area (TPSA) is 70.1 Å². The Morgan fingerprint density at radius 3 is 3.07 bits per heavy atom. The number of methoxy groups -OCH3 is 1. The van der Waals surface area contributed by atoms with Gasteiger partial charge in [-0.2, -0.15) is 5.10 Å². The molecule has 0 aliphatic carbocycles. The predicted molar refractivity (Wildman–Crippen MR) is 52.6 cm³/mol. The van der Waals surface area contributed by atoms with E-state index in [0.717, 1.165) is 0 Å². The van der Waals surface area contributed by atoms with Crippen LogP contribution in [0.3, 0.4) is 0 Å². The largest absolute Gasteiger partial charge is 0.465 e. The predicted octanol–water partition coefficient (Wildman–Crippen LogP) is 0.179. The molecule has 14 heavy (non-hydrogen) atoms. The van der Waals surface area contributed by atoms with Gasteiger partial charge < -0.3 is 10.5 Å². The summed E-state index contributed by atoms with van der Waals surface area (Å²) < 4.78 is 6.21. The lowest BCUT2D eigenvalue weighted by atomic mass is 10.2. The number of carbonyl (C=O) groups excluding carboxylic acids is 1. The number of carbonyl (C=O) groups is 1. The molecule has 0 unspecified atom stereocenters. The van der Waals surface area contributed by atoms with E-state index in [1.807, 2.05) is 0 Å². The monoisotopic (exact) mass is 195 g/mol. The van der Waals surface area contributed by atoms with Crippen LogP contribution in [0.1, 0.15) is 16.1 Å². The molecule has 0 fully saturated rings. The molecular formula is C9H13N3O2. The average molecular weight is 195 g/mol. The van der Waals surface area contributed by atoms with Gasteiger partial charge in [-0.1, -0.05) is 6.08 Å². The second kappa shape index (κ2) is 4.57. The highest BCUT2D eigenvalue weighted by Gasteiger charge is 2.13. The summed E-state index contributed by atoms with van der Waals surface area (Å²) in [5.41, 5.74) is 6.46. The summed E-state index contributed by atoms with van der Waals surface area (Å²) >= 11 is 0. The second-order valence-electron chi connectivity index (χ2n) is 2.70. The highest BCUT2D eigenvalue weighted by atomic mass is 16.5. The van der Waals surface area contributed by atoms with Crippen LogP contribution in [0.5, 0.6) is 0 Å². The molecule has 0 saturated carbocycles. The van der Waals surface area contributed by atoms with Crippen molar-refractivity contribution in [1.82, 2.24) is 9.78 Å². The Balaban J connectivity index is 3.06. The molecule has 0 atom stereocenters. The molecule has 76 valence electrons. The number of hydrogen-bond acceptors (Lipinski definition) is 4. The van der Waals surface area contributed by atoms with E-state index in [-0.39, 0.29) is 0 Å². The molecule has 0 spiro atoms. The molecule has 5 nitrogen and oxygen atoms in total. The smallest absolute Gasteiger partial charge is 0.341 e. The van der Waals surface area contributed by atoms with Crippen molar-refractivity contribution >= 4 is 12.0 Å². The fourth-order valence-electron chi connectivity index (χ4n) is 1.09. The van der Waals surface area contributed by atoms with Gasteiger partial charge in [0, 0.05) is 13.6 Å². The van der Waals surface area contributed by atoms with E-state index >= 15 is 0 Å². The zero-order valence-electron chi connectivity index (χ0n) is 8.23. The third-order valence-corrected chi connectivity index (χ3v) is 1.80. The van der Waals surface area contributed by atoms with Gasteiger partial charge in [0.1, 0.15) is 5.56 Å². The molecule has 0 saturated heterocycles. The van der Waals surface area contributed by atoms with Gasteiger partial charge in [0.15, 0.2) is 0 Å². The zero-order valence-corrected chi connectivity index (χ0v) is 8.23. The number of esters is 1. The first-order valence-corrected chi connectivity index (χ1v) is 4.17. The van der Waals surface area contributed by atoms with Gasteiger partial charge in [-0.05, 0) is 6.08 Å². The van der Waals surface area contributed by atoms with Crippen molar-refractivity contribution in [2.45, 2.75) is 0 Å². The van der Waals surface area contributed by atoms with Crippen LogP contribution in [0.15, 0.2) is 12.3 Å². The molecule has 2 N–H and O–H groups in total. The molecule has 1 rings (SSSR count). The van der Waals surface area contributed by atoms with Gasteiger partial charge in [0.05, 0.1) is 19.0 Å². The average Bonchev–Trinajstić information content (AvgIpc) is 2.56. The van der Waals surface area contributed by atoms with Crippen molar-refractivity contribution in [3.63, 3.8) is 0 Å². The van der Waals surface area contributed by atoms with E-state index in [1.165, 1.54) is 13.3 Å². The molecule has 1 aromatic heterocycles. The SMILES string of the molecule is COC(=O)c1cnn(C)c1/C=C/CN. The summed E-state index contributed by atoms with van der Waals surface area (Å²) in [6.07, 6.45) is 4.98. The van der Waals surface area contributed by atoms with Crippen molar-refractivity contribution < 1.29 is 9.53 Å². The minimum absolute atomic E-state index is 0.394. The fraction of sp³-hybridized carbons (Fsp3) is 0.333. The van der Waals surface area contributed by atoms with E-state index < -0.39 is 5.97 Å². The highest BCUT2D eigenvalue weighted by molar-refractivity contribution is 5.92. The summed E-state index contributed by atoms with van der Waals surface area (Å²) in [5.74, 6) is -0.394. The number of aryl methyl sites for hydroxylation is 1. The van der Waals surface area contributed by atoms with E-state index in [0.29, 0.717) is 17.8 Å². The van der Waals surface area contributed by atoms with E-state index in [1.54, 1.807) is 23.9 Å². The molecule has 0 aromatic carbocycles. The van der Waals surface area contributed by atoms with Gasteiger partial charge in [-0.15, -0.1) is 0 Å². The Morgan fingerprint density at radius 2 is 2.50 bits per heavy atom. The standard InChI is InChI=1S/C9H13N3O2/c1-12-8(4-3-5-10)7(6-11-12)9(13)14-2/h3-4,6H,5,10H2,1-2H3/b4-3+. The lowest BCUT2D eigenvalue weighted by molar-refractivity contribution is 0.0600. The lowest BCUT2D eigenvalue weighted by Gasteiger charge is -1.98. The molecule has 1 aromatic rings. The summed E-state index contributed by atoms with van der Waals surface area (Å²) in [5, 5.41) is 3.96. The van der Waals surface area contributed by atoms with Crippen LogP contribution in [-0.4, -0.2) is 29.4 Å². The van der Waals surface area contributed by atoms with Crippen molar-refractivity contribution in [3.05, 3.63) is 23.5 Å². The van der Waals surface area contributed by atoms with E-state index in [4.69, 9.17) is 5.73 Å². The fourth-order valence-corrected chi connectivity index (χ4v) is 1.09. The molecule has 0 amide bonds. The lowest BCUT2D eigenvalue weighted by Crippen LogP contribution is -2.04. The van der Waals surface area contributed by atoms with Gasteiger partial charge in [-0.3, -0.25) is 4.68 Å². The van der Waals surface area contributed by atoms with Gasteiger partial charge in [-0.25, -0.2) is 4.79 Å². The summed E-state index contributed by atoms with van der Waals surface area (Å²) in [7, 11) is 3.09. The minimum Gasteiger partial charge on any atom is -0.465 e. The maximum absolute atomic E-state index is 11.3. The Hall–Kier alpha value is -1.62. The van der Waals surface area contributed by atoms with Crippen LogP contribution in [0.25, 0.3) is 6.08 Å². The summed E-state index contributed by atoms with van der Waals surface area (Å²) in [4.78, 5) is 11.3. The van der Waals surface area contributed by atoms with Crippen molar-refractivity contribution in [2.24, 2.45) is 12.8 Å².